The molecule has 1 N–H and O–H groups in total. The zero-order chi connectivity index (χ0) is 21.5. The van der Waals surface area contributed by atoms with Gasteiger partial charge < -0.3 is 0 Å². The second kappa shape index (κ2) is 7.51. The fourth-order valence-corrected chi connectivity index (χ4v) is 6.13. The average molecular weight is 450 g/mol. The summed E-state index contributed by atoms with van der Waals surface area (Å²) >= 11 is 0. The van der Waals surface area contributed by atoms with Gasteiger partial charge in [-0.1, -0.05) is 29.8 Å². The topological polar surface area (TPSA) is 98.1 Å². The van der Waals surface area contributed by atoms with Crippen LogP contribution in [0.15, 0.2) is 59.5 Å². The van der Waals surface area contributed by atoms with Gasteiger partial charge in [-0.05, 0) is 37.6 Å². The Morgan fingerprint density at radius 2 is 1.77 bits per heavy atom. The normalized spacial score (nSPS) is 18.4. The van der Waals surface area contributed by atoms with Crippen LogP contribution in [-0.4, -0.2) is 38.1 Å². The number of aromatic nitrogens is 2. The zero-order valence-corrected chi connectivity index (χ0v) is 17.7. The molecule has 4 rings (SSSR count). The Morgan fingerprint density at radius 1 is 1.10 bits per heavy atom. The summed E-state index contributed by atoms with van der Waals surface area (Å²) in [6.45, 7) is 1.95. The highest BCUT2D eigenvalue weighted by Crippen LogP contribution is 2.31. The first-order valence-corrected chi connectivity index (χ1v) is 12.6. The molecule has 1 atom stereocenters. The summed E-state index contributed by atoms with van der Waals surface area (Å²) in [5.74, 6) is -0.455. The summed E-state index contributed by atoms with van der Waals surface area (Å²) < 4.78 is 66.6. The maximum Gasteiger partial charge on any atom is 0.263 e. The lowest BCUT2D eigenvalue weighted by molar-refractivity contribution is 0.507. The van der Waals surface area contributed by atoms with E-state index in [9.17, 15) is 21.2 Å². The number of nitrogens with one attached hydrogen (secondary N) is 1. The van der Waals surface area contributed by atoms with Gasteiger partial charge in [-0.15, -0.1) is 0 Å². The van der Waals surface area contributed by atoms with Crippen LogP contribution in [0.25, 0.3) is 11.3 Å². The number of anilines is 1. The molecule has 3 aromatic rings. The Labute approximate surface area is 174 Å². The van der Waals surface area contributed by atoms with Gasteiger partial charge in [0.1, 0.15) is 11.6 Å². The van der Waals surface area contributed by atoms with Crippen molar-refractivity contribution in [2.24, 2.45) is 0 Å². The molecule has 0 amide bonds. The SMILES string of the molecule is Cc1ccc(-c2cc(NS(=O)(=O)c3ccc(F)cc3)n([C@@H]3CCS(=O)(=O)C3)n2)cc1. The largest absolute Gasteiger partial charge is 0.264 e. The third kappa shape index (κ3) is 4.24. The average Bonchev–Trinajstić information content (AvgIpc) is 3.25. The highest BCUT2D eigenvalue weighted by atomic mass is 32.2. The first-order valence-electron chi connectivity index (χ1n) is 9.28. The van der Waals surface area contributed by atoms with Crippen molar-refractivity contribution < 1.29 is 21.2 Å². The third-order valence-electron chi connectivity index (χ3n) is 5.00. The number of aryl methyl sites for hydroxylation is 1. The number of halogens is 1. The highest BCUT2D eigenvalue weighted by Gasteiger charge is 2.32. The molecule has 2 heterocycles. The van der Waals surface area contributed by atoms with Crippen molar-refractivity contribution >= 4 is 25.7 Å². The van der Waals surface area contributed by atoms with E-state index < -0.39 is 31.7 Å². The predicted octanol–water partition coefficient (Wildman–Crippen LogP) is 3.16. The molecular formula is C20H20FN3O4S2. The van der Waals surface area contributed by atoms with E-state index in [-0.39, 0.29) is 22.2 Å². The van der Waals surface area contributed by atoms with E-state index in [1.807, 2.05) is 31.2 Å². The molecule has 1 saturated heterocycles. The third-order valence-corrected chi connectivity index (χ3v) is 8.12. The molecule has 1 aliphatic rings. The maximum absolute atomic E-state index is 13.2. The second-order valence-electron chi connectivity index (χ2n) is 7.34. The van der Waals surface area contributed by atoms with E-state index in [2.05, 4.69) is 9.82 Å². The Bertz CT molecular complexity index is 1280. The molecular weight excluding hydrogens is 429 g/mol. The lowest BCUT2D eigenvalue weighted by atomic mass is 10.1. The molecule has 0 spiro atoms. The van der Waals surface area contributed by atoms with Gasteiger partial charge in [0.2, 0.25) is 0 Å². The molecule has 1 aliphatic heterocycles. The van der Waals surface area contributed by atoms with Crippen LogP contribution in [0.2, 0.25) is 0 Å². The lowest BCUT2D eigenvalue weighted by Gasteiger charge is -2.14. The predicted molar refractivity (Wildman–Crippen MR) is 112 cm³/mol. The summed E-state index contributed by atoms with van der Waals surface area (Å²) in [4.78, 5) is -0.104. The van der Waals surface area contributed by atoms with Crippen molar-refractivity contribution in [2.45, 2.75) is 24.3 Å². The minimum Gasteiger partial charge on any atom is -0.264 e. The first kappa shape index (κ1) is 20.5. The molecule has 2 aromatic carbocycles. The van der Waals surface area contributed by atoms with E-state index in [1.165, 1.54) is 16.8 Å². The number of nitrogens with zero attached hydrogens (tertiary/aromatic N) is 2. The molecule has 1 aromatic heterocycles. The van der Waals surface area contributed by atoms with Crippen LogP contribution in [0.5, 0.6) is 0 Å². The second-order valence-corrected chi connectivity index (χ2v) is 11.3. The fourth-order valence-electron chi connectivity index (χ4n) is 3.39. The first-order chi connectivity index (χ1) is 14.1. The number of sulfonamides is 1. The smallest absolute Gasteiger partial charge is 0.263 e. The minimum atomic E-state index is -4.01. The number of rotatable bonds is 5. The molecule has 0 saturated carbocycles. The van der Waals surface area contributed by atoms with Crippen LogP contribution in [0.1, 0.15) is 18.0 Å². The van der Waals surface area contributed by atoms with Gasteiger partial charge in [0, 0.05) is 11.6 Å². The van der Waals surface area contributed by atoms with Crippen LogP contribution in [0.4, 0.5) is 10.2 Å². The van der Waals surface area contributed by atoms with Crippen LogP contribution in [0.3, 0.4) is 0 Å². The van der Waals surface area contributed by atoms with Gasteiger partial charge in [-0.3, -0.25) is 4.72 Å². The van der Waals surface area contributed by atoms with Crippen molar-refractivity contribution in [3.8, 4) is 11.3 Å². The van der Waals surface area contributed by atoms with Gasteiger partial charge >= 0.3 is 0 Å². The van der Waals surface area contributed by atoms with E-state index in [1.54, 1.807) is 6.07 Å². The Hall–Kier alpha value is -2.72. The molecule has 10 heteroatoms. The molecule has 0 unspecified atom stereocenters. The van der Waals surface area contributed by atoms with Gasteiger partial charge in [-0.2, -0.15) is 5.10 Å². The van der Waals surface area contributed by atoms with Crippen molar-refractivity contribution in [3.63, 3.8) is 0 Å². The van der Waals surface area contributed by atoms with E-state index in [0.29, 0.717) is 12.1 Å². The fraction of sp³-hybridized carbons (Fsp3) is 0.250. The molecule has 1 fully saturated rings. The van der Waals surface area contributed by atoms with Crippen molar-refractivity contribution in [3.05, 3.63) is 66.0 Å². The van der Waals surface area contributed by atoms with Crippen LogP contribution in [-0.2, 0) is 19.9 Å². The number of hydrogen-bond acceptors (Lipinski definition) is 5. The van der Waals surface area contributed by atoms with Crippen LogP contribution >= 0.6 is 0 Å². The number of benzene rings is 2. The quantitative estimate of drug-likeness (QED) is 0.645. The minimum absolute atomic E-state index is 0.0293. The van der Waals surface area contributed by atoms with Crippen molar-refractivity contribution in [1.82, 2.24) is 9.78 Å². The van der Waals surface area contributed by atoms with E-state index in [0.717, 1.165) is 23.3 Å². The van der Waals surface area contributed by atoms with Crippen molar-refractivity contribution in [2.75, 3.05) is 16.2 Å². The molecule has 0 aliphatic carbocycles. The van der Waals surface area contributed by atoms with Gasteiger partial charge in [0.05, 0.1) is 28.1 Å². The number of hydrogen-bond donors (Lipinski definition) is 1. The van der Waals surface area contributed by atoms with Gasteiger partial charge in [-0.25, -0.2) is 25.9 Å². The summed E-state index contributed by atoms with van der Waals surface area (Å²) in [7, 11) is -7.22. The number of sulfone groups is 1. The summed E-state index contributed by atoms with van der Waals surface area (Å²) in [6, 6.07) is 13.1. The monoisotopic (exact) mass is 449 g/mol. The lowest BCUT2D eigenvalue weighted by Crippen LogP contribution is -2.20. The molecule has 7 nitrogen and oxygen atoms in total. The molecule has 0 radical (unpaired) electrons. The Balaban J connectivity index is 1.75. The Morgan fingerprint density at radius 3 is 2.37 bits per heavy atom. The van der Waals surface area contributed by atoms with Crippen LogP contribution < -0.4 is 4.72 Å². The van der Waals surface area contributed by atoms with Gasteiger partial charge in [0.25, 0.3) is 10.0 Å². The summed E-state index contributed by atoms with van der Waals surface area (Å²) in [5.41, 5.74) is 2.37. The summed E-state index contributed by atoms with van der Waals surface area (Å²) in [6.07, 6.45) is 0.350. The summed E-state index contributed by atoms with van der Waals surface area (Å²) in [5, 5.41) is 4.51. The Kier molecular flexibility index (Phi) is 5.15. The van der Waals surface area contributed by atoms with E-state index >= 15 is 0 Å². The molecule has 0 bridgehead atoms. The molecule has 158 valence electrons. The molecule has 30 heavy (non-hydrogen) atoms. The maximum atomic E-state index is 13.2. The van der Waals surface area contributed by atoms with Crippen LogP contribution in [0, 0.1) is 12.7 Å². The van der Waals surface area contributed by atoms with Crippen molar-refractivity contribution in [1.29, 1.82) is 0 Å². The van der Waals surface area contributed by atoms with Gasteiger partial charge in [0.15, 0.2) is 9.84 Å². The standard InChI is InChI=1S/C20H20FN3O4S2/c1-14-2-4-15(5-3-14)19-12-20(24(22-19)17-10-11-29(25,26)13-17)23-30(27,28)18-8-6-16(21)7-9-18/h2-9,12,17,23H,10-11,13H2,1H3/t17-/m1/s1. The zero-order valence-electron chi connectivity index (χ0n) is 16.1. The highest BCUT2D eigenvalue weighted by molar-refractivity contribution is 7.92. The van der Waals surface area contributed by atoms with E-state index in [4.69, 9.17) is 0 Å².